The lowest BCUT2D eigenvalue weighted by Crippen LogP contribution is -2.15. The SMILES string of the molecule is Cn1cc(CNc2ccc3c(c2)CCCC(=O)N3)ccc1=O. The van der Waals surface area contributed by atoms with Crippen LogP contribution in [0.2, 0.25) is 0 Å². The molecular weight excluding hydrogens is 278 g/mol. The van der Waals surface area contributed by atoms with Gasteiger partial charge in [-0.25, -0.2) is 0 Å². The molecule has 1 aromatic carbocycles. The number of pyridine rings is 1. The minimum Gasteiger partial charge on any atom is -0.381 e. The number of carbonyl (C=O) groups excluding carboxylic acids is 1. The van der Waals surface area contributed by atoms with Gasteiger partial charge < -0.3 is 15.2 Å². The second-order valence-corrected chi connectivity index (χ2v) is 5.61. The average Bonchev–Trinajstić information content (AvgIpc) is 2.68. The summed E-state index contributed by atoms with van der Waals surface area (Å²) in [6.45, 7) is 0.652. The zero-order valence-electron chi connectivity index (χ0n) is 12.6. The van der Waals surface area contributed by atoms with Gasteiger partial charge in [-0.3, -0.25) is 9.59 Å². The molecule has 0 bridgehead atoms. The number of aryl methyl sites for hydroxylation is 2. The molecule has 0 radical (unpaired) electrons. The lowest BCUT2D eigenvalue weighted by atomic mass is 10.1. The smallest absolute Gasteiger partial charge is 0.250 e. The largest absolute Gasteiger partial charge is 0.381 e. The molecule has 22 heavy (non-hydrogen) atoms. The first kappa shape index (κ1) is 14.4. The molecule has 2 N–H and O–H groups in total. The molecule has 1 amide bonds. The van der Waals surface area contributed by atoms with Crippen LogP contribution in [0.1, 0.15) is 24.0 Å². The van der Waals surface area contributed by atoms with Crippen molar-refractivity contribution in [2.75, 3.05) is 10.6 Å². The van der Waals surface area contributed by atoms with Gasteiger partial charge in [-0.15, -0.1) is 0 Å². The van der Waals surface area contributed by atoms with Crippen LogP contribution in [0.5, 0.6) is 0 Å². The molecule has 0 aliphatic carbocycles. The number of fused-ring (bicyclic) bond motifs is 1. The molecule has 114 valence electrons. The zero-order chi connectivity index (χ0) is 15.5. The van der Waals surface area contributed by atoms with E-state index in [1.165, 1.54) is 0 Å². The van der Waals surface area contributed by atoms with Gasteiger partial charge in [-0.05, 0) is 42.2 Å². The Bertz CT molecular complexity index is 765. The molecule has 5 nitrogen and oxygen atoms in total. The topological polar surface area (TPSA) is 63.1 Å². The quantitative estimate of drug-likeness (QED) is 0.913. The Hall–Kier alpha value is -2.56. The predicted molar refractivity (Wildman–Crippen MR) is 87.0 cm³/mol. The Balaban J connectivity index is 1.73. The number of nitrogens with one attached hydrogen (secondary N) is 2. The van der Waals surface area contributed by atoms with Crippen molar-refractivity contribution in [1.82, 2.24) is 4.57 Å². The van der Waals surface area contributed by atoms with Crippen LogP contribution in [0, 0.1) is 0 Å². The summed E-state index contributed by atoms with van der Waals surface area (Å²) in [5, 5.41) is 6.29. The molecule has 1 aliphatic heterocycles. The van der Waals surface area contributed by atoms with Crippen LogP contribution in [0.4, 0.5) is 11.4 Å². The molecule has 1 aliphatic rings. The van der Waals surface area contributed by atoms with Crippen LogP contribution in [0.25, 0.3) is 0 Å². The lowest BCUT2D eigenvalue weighted by Gasteiger charge is -2.11. The molecular formula is C17H19N3O2. The third-order valence-electron chi connectivity index (χ3n) is 3.87. The Labute approximate surface area is 129 Å². The standard InChI is InChI=1S/C17H19N3O2/c1-20-11-12(5-8-17(20)22)10-18-14-6-7-15-13(9-14)3-2-4-16(21)19-15/h5-9,11,18H,2-4,10H2,1H3,(H,19,21). The molecule has 0 spiro atoms. The van der Waals surface area contributed by atoms with Crippen LogP contribution < -0.4 is 16.2 Å². The number of amides is 1. The van der Waals surface area contributed by atoms with Gasteiger partial charge in [0.2, 0.25) is 11.5 Å². The van der Waals surface area contributed by atoms with E-state index in [1.807, 2.05) is 24.4 Å². The summed E-state index contributed by atoms with van der Waals surface area (Å²) >= 11 is 0. The van der Waals surface area contributed by atoms with Crippen molar-refractivity contribution in [1.29, 1.82) is 0 Å². The van der Waals surface area contributed by atoms with Gasteiger partial charge in [0, 0.05) is 43.7 Å². The molecule has 0 saturated heterocycles. The van der Waals surface area contributed by atoms with E-state index in [-0.39, 0.29) is 11.5 Å². The number of carbonyl (C=O) groups is 1. The molecule has 3 rings (SSSR count). The highest BCUT2D eigenvalue weighted by Crippen LogP contribution is 2.25. The van der Waals surface area contributed by atoms with Crippen molar-refractivity contribution in [3.05, 3.63) is 58.0 Å². The lowest BCUT2D eigenvalue weighted by molar-refractivity contribution is -0.116. The summed E-state index contributed by atoms with van der Waals surface area (Å²) in [6, 6.07) is 9.40. The van der Waals surface area contributed by atoms with Gasteiger partial charge in [0.1, 0.15) is 0 Å². The van der Waals surface area contributed by atoms with Crippen molar-refractivity contribution < 1.29 is 4.79 Å². The van der Waals surface area contributed by atoms with Gasteiger partial charge in [-0.1, -0.05) is 6.07 Å². The van der Waals surface area contributed by atoms with Crippen LogP contribution in [0.15, 0.2) is 41.3 Å². The highest BCUT2D eigenvalue weighted by Gasteiger charge is 2.12. The Kier molecular flexibility index (Phi) is 3.96. The van der Waals surface area contributed by atoms with E-state index in [0.29, 0.717) is 13.0 Å². The number of hydrogen-bond donors (Lipinski definition) is 2. The molecule has 0 saturated carbocycles. The Morgan fingerprint density at radius 2 is 2.05 bits per heavy atom. The van der Waals surface area contributed by atoms with Crippen molar-refractivity contribution in [3.63, 3.8) is 0 Å². The normalized spacial score (nSPS) is 14.0. The Morgan fingerprint density at radius 1 is 1.18 bits per heavy atom. The fourth-order valence-corrected chi connectivity index (χ4v) is 2.64. The molecule has 0 unspecified atom stereocenters. The fourth-order valence-electron chi connectivity index (χ4n) is 2.64. The van der Waals surface area contributed by atoms with E-state index in [0.717, 1.165) is 35.3 Å². The van der Waals surface area contributed by atoms with Gasteiger partial charge in [0.25, 0.3) is 0 Å². The molecule has 0 atom stereocenters. The van der Waals surface area contributed by atoms with Crippen LogP contribution in [-0.4, -0.2) is 10.5 Å². The number of anilines is 2. The summed E-state index contributed by atoms with van der Waals surface area (Å²) in [4.78, 5) is 22.9. The van der Waals surface area contributed by atoms with E-state index in [1.54, 1.807) is 17.7 Å². The van der Waals surface area contributed by atoms with E-state index in [2.05, 4.69) is 16.7 Å². The number of rotatable bonds is 3. The first-order chi connectivity index (χ1) is 10.6. The van der Waals surface area contributed by atoms with Crippen LogP contribution in [-0.2, 0) is 24.8 Å². The Morgan fingerprint density at radius 3 is 2.86 bits per heavy atom. The van der Waals surface area contributed by atoms with Gasteiger partial charge >= 0.3 is 0 Å². The number of hydrogen-bond acceptors (Lipinski definition) is 3. The molecule has 2 heterocycles. The van der Waals surface area contributed by atoms with Gasteiger partial charge in [-0.2, -0.15) is 0 Å². The molecule has 1 aromatic heterocycles. The summed E-state index contributed by atoms with van der Waals surface area (Å²) in [5.41, 5.74) is 4.13. The van der Waals surface area contributed by atoms with Gasteiger partial charge in [0.05, 0.1) is 0 Å². The summed E-state index contributed by atoms with van der Waals surface area (Å²) < 4.78 is 1.57. The van der Waals surface area contributed by atoms with E-state index in [4.69, 9.17) is 0 Å². The average molecular weight is 297 g/mol. The fraction of sp³-hybridized carbons (Fsp3) is 0.294. The summed E-state index contributed by atoms with van der Waals surface area (Å²) in [6.07, 6.45) is 4.20. The summed E-state index contributed by atoms with van der Waals surface area (Å²) in [5.74, 6) is 0.0876. The van der Waals surface area contributed by atoms with E-state index in [9.17, 15) is 9.59 Å². The second-order valence-electron chi connectivity index (χ2n) is 5.61. The maximum atomic E-state index is 11.5. The number of aromatic nitrogens is 1. The minimum atomic E-state index is -0.00970. The predicted octanol–water partition coefficient (Wildman–Crippen LogP) is 2.27. The second kappa shape index (κ2) is 6.05. The maximum Gasteiger partial charge on any atom is 0.250 e. The summed E-state index contributed by atoms with van der Waals surface area (Å²) in [7, 11) is 1.75. The first-order valence-electron chi connectivity index (χ1n) is 7.44. The number of nitrogens with zero attached hydrogens (tertiary/aromatic N) is 1. The highest BCUT2D eigenvalue weighted by atomic mass is 16.1. The van der Waals surface area contributed by atoms with E-state index < -0.39 is 0 Å². The molecule has 2 aromatic rings. The molecule has 5 heteroatoms. The van der Waals surface area contributed by atoms with Crippen molar-refractivity contribution in [2.45, 2.75) is 25.8 Å². The van der Waals surface area contributed by atoms with Crippen LogP contribution in [0.3, 0.4) is 0 Å². The van der Waals surface area contributed by atoms with Crippen molar-refractivity contribution >= 4 is 17.3 Å². The highest BCUT2D eigenvalue weighted by molar-refractivity contribution is 5.92. The van der Waals surface area contributed by atoms with Crippen molar-refractivity contribution in [2.24, 2.45) is 7.05 Å². The van der Waals surface area contributed by atoms with E-state index >= 15 is 0 Å². The number of benzene rings is 1. The van der Waals surface area contributed by atoms with Crippen molar-refractivity contribution in [3.8, 4) is 0 Å². The van der Waals surface area contributed by atoms with Crippen LogP contribution >= 0.6 is 0 Å². The third-order valence-corrected chi connectivity index (χ3v) is 3.87. The van der Waals surface area contributed by atoms with Gasteiger partial charge in [0.15, 0.2) is 0 Å². The molecule has 0 fully saturated rings. The monoisotopic (exact) mass is 297 g/mol. The minimum absolute atomic E-state index is 0.00970. The third kappa shape index (κ3) is 3.19. The maximum absolute atomic E-state index is 11.5. The zero-order valence-corrected chi connectivity index (χ0v) is 12.6. The first-order valence-corrected chi connectivity index (χ1v) is 7.44.